The van der Waals surface area contributed by atoms with E-state index in [0.29, 0.717) is 42.9 Å². The normalized spacial score (nSPS) is 15.5. The minimum absolute atomic E-state index is 0.0774. The van der Waals surface area contributed by atoms with Crippen LogP contribution in [0.1, 0.15) is 10.5 Å². The Morgan fingerprint density at radius 1 is 1.30 bits per heavy atom. The molecular weight excluding hydrogens is 476 g/mol. The van der Waals surface area contributed by atoms with Gasteiger partial charge in [0.25, 0.3) is 11.9 Å². The summed E-state index contributed by atoms with van der Waals surface area (Å²) in [7, 11) is 0.443. The first-order valence-electron chi connectivity index (χ1n) is 9.35. The number of aromatic nitrogens is 1. The van der Waals surface area contributed by atoms with Crippen LogP contribution in [0.2, 0.25) is 0 Å². The number of hydrogen-bond donors (Lipinski definition) is 2. The number of nitrogens with one attached hydrogen (secondary N) is 1. The minimum atomic E-state index is -3.27. The van der Waals surface area contributed by atoms with E-state index in [2.05, 4.69) is 31.1 Å². The first kappa shape index (κ1) is 22.5. The van der Waals surface area contributed by atoms with Crippen molar-refractivity contribution in [2.45, 2.75) is 0 Å². The summed E-state index contributed by atoms with van der Waals surface area (Å²) in [5.41, 5.74) is 6.96. The van der Waals surface area contributed by atoms with Crippen molar-refractivity contribution < 1.29 is 17.6 Å². The number of carbonyl (C=O) groups is 1. The molecule has 10 nitrogen and oxygen atoms in total. The van der Waals surface area contributed by atoms with Gasteiger partial charge in [0.15, 0.2) is 5.69 Å². The zero-order valence-corrected chi connectivity index (χ0v) is 19.2. The molecule has 30 heavy (non-hydrogen) atoms. The van der Waals surface area contributed by atoms with E-state index in [1.54, 1.807) is 4.31 Å². The van der Waals surface area contributed by atoms with Crippen molar-refractivity contribution in [2.24, 2.45) is 0 Å². The molecule has 164 valence electrons. The Kier molecular flexibility index (Phi) is 7.01. The van der Waals surface area contributed by atoms with E-state index in [9.17, 15) is 13.2 Å². The van der Waals surface area contributed by atoms with Crippen LogP contribution in [0, 0.1) is 0 Å². The number of oxazole rings is 1. The lowest BCUT2D eigenvalue weighted by molar-refractivity contribution is 0.102. The first-order chi connectivity index (χ1) is 14.2. The van der Waals surface area contributed by atoms with Crippen LogP contribution >= 0.6 is 15.9 Å². The lowest BCUT2D eigenvalue weighted by Gasteiger charge is -2.35. The average molecular weight is 501 g/mol. The number of amides is 1. The van der Waals surface area contributed by atoms with Crippen LogP contribution in [0.4, 0.5) is 17.4 Å². The molecule has 1 aliphatic heterocycles. The van der Waals surface area contributed by atoms with E-state index in [-0.39, 0.29) is 17.5 Å². The summed E-state index contributed by atoms with van der Waals surface area (Å²) in [6.07, 6.45) is 1.19. The second-order valence-corrected chi connectivity index (χ2v) is 10.1. The van der Waals surface area contributed by atoms with Gasteiger partial charge in [-0.25, -0.2) is 8.42 Å². The third-order valence-electron chi connectivity index (χ3n) is 4.75. The highest BCUT2D eigenvalue weighted by molar-refractivity contribution is 9.10. The fraction of sp³-hybridized carbons (Fsp3) is 0.444. The van der Waals surface area contributed by atoms with Crippen LogP contribution < -0.4 is 16.0 Å². The van der Waals surface area contributed by atoms with Gasteiger partial charge in [0.2, 0.25) is 10.0 Å². The Bertz CT molecular complexity index is 1000. The second kappa shape index (κ2) is 9.33. The summed E-state index contributed by atoms with van der Waals surface area (Å²) in [5, 5.41) is 2.78. The van der Waals surface area contributed by atoms with Crippen LogP contribution in [-0.2, 0) is 10.0 Å². The van der Waals surface area contributed by atoms with Crippen LogP contribution in [0.25, 0.3) is 0 Å². The highest BCUT2D eigenvalue weighted by Gasteiger charge is 2.27. The second-order valence-electron chi connectivity index (χ2n) is 7.19. The van der Waals surface area contributed by atoms with Crippen molar-refractivity contribution in [3.8, 4) is 0 Å². The molecule has 1 aliphatic rings. The van der Waals surface area contributed by atoms with Crippen molar-refractivity contribution in [3.63, 3.8) is 0 Å². The zero-order valence-electron chi connectivity index (χ0n) is 16.8. The van der Waals surface area contributed by atoms with Gasteiger partial charge in [0, 0.05) is 42.9 Å². The Morgan fingerprint density at radius 2 is 2.00 bits per heavy atom. The molecule has 1 aromatic heterocycles. The third kappa shape index (κ3) is 5.50. The van der Waals surface area contributed by atoms with Gasteiger partial charge in [-0.3, -0.25) is 4.79 Å². The Hall–Kier alpha value is -2.15. The molecule has 2 aromatic rings. The molecule has 3 N–H and O–H groups in total. The van der Waals surface area contributed by atoms with E-state index in [1.165, 1.54) is 6.26 Å². The Labute approximate surface area is 184 Å². The molecule has 1 aromatic carbocycles. The van der Waals surface area contributed by atoms with Gasteiger partial charge < -0.3 is 25.3 Å². The van der Waals surface area contributed by atoms with Gasteiger partial charge in [-0.15, -0.1) is 0 Å². The van der Waals surface area contributed by atoms with E-state index in [4.69, 9.17) is 10.2 Å². The number of nitrogens with zero attached hydrogens (tertiary/aromatic N) is 4. The number of benzene rings is 1. The summed E-state index contributed by atoms with van der Waals surface area (Å²) in [5.74, 6) is -0.328. The predicted octanol–water partition coefficient (Wildman–Crippen LogP) is 1.28. The number of nitrogen functional groups attached to an aromatic ring is 1. The zero-order chi connectivity index (χ0) is 21.9. The van der Waals surface area contributed by atoms with Gasteiger partial charge in [0.1, 0.15) is 6.26 Å². The fourth-order valence-corrected chi connectivity index (χ4v) is 4.95. The van der Waals surface area contributed by atoms with Gasteiger partial charge in [-0.05, 0) is 48.2 Å². The van der Waals surface area contributed by atoms with Gasteiger partial charge in [-0.1, -0.05) is 0 Å². The molecular formula is C18H25BrN6O4S. The van der Waals surface area contributed by atoms with Crippen molar-refractivity contribution in [1.29, 1.82) is 0 Å². The molecule has 0 bridgehead atoms. The maximum Gasteiger partial charge on any atom is 0.292 e. The topological polar surface area (TPSA) is 125 Å². The van der Waals surface area contributed by atoms with Crippen molar-refractivity contribution >= 4 is 49.2 Å². The third-order valence-corrected chi connectivity index (χ3v) is 7.29. The lowest BCUT2D eigenvalue weighted by atomic mass is 10.2. The fourth-order valence-electron chi connectivity index (χ4n) is 3.04. The van der Waals surface area contributed by atoms with Gasteiger partial charge in [-0.2, -0.15) is 9.29 Å². The summed E-state index contributed by atoms with van der Waals surface area (Å²) in [4.78, 5) is 20.1. The molecule has 0 atom stereocenters. The molecule has 0 radical (unpaired) electrons. The number of sulfonamides is 1. The highest BCUT2D eigenvalue weighted by Crippen LogP contribution is 2.29. The summed E-state index contributed by atoms with van der Waals surface area (Å²) < 4.78 is 32.1. The summed E-state index contributed by atoms with van der Waals surface area (Å²) in [6.45, 7) is 2.47. The monoisotopic (exact) mass is 500 g/mol. The largest absolute Gasteiger partial charge is 0.431 e. The minimum Gasteiger partial charge on any atom is -0.431 e. The smallest absolute Gasteiger partial charge is 0.292 e. The molecule has 1 fully saturated rings. The number of rotatable bonds is 7. The van der Waals surface area contributed by atoms with Crippen molar-refractivity contribution in [1.82, 2.24) is 14.2 Å². The quantitative estimate of drug-likeness (QED) is 0.582. The first-order valence-corrected chi connectivity index (χ1v) is 11.8. The molecule has 3 rings (SSSR count). The molecule has 0 spiro atoms. The van der Waals surface area contributed by atoms with Crippen LogP contribution in [0.3, 0.4) is 0 Å². The predicted molar refractivity (Wildman–Crippen MR) is 119 cm³/mol. The Balaban J connectivity index is 1.65. The van der Waals surface area contributed by atoms with Crippen molar-refractivity contribution in [2.75, 3.05) is 68.5 Å². The van der Waals surface area contributed by atoms with E-state index in [1.807, 2.05) is 37.2 Å². The lowest BCUT2D eigenvalue weighted by Crippen LogP contribution is -2.50. The molecule has 12 heteroatoms. The van der Waals surface area contributed by atoms with Gasteiger partial charge >= 0.3 is 0 Å². The maximum absolute atomic E-state index is 12.5. The van der Waals surface area contributed by atoms with Crippen LogP contribution in [0.15, 0.2) is 33.4 Å². The summed E-state index contributed by atoms with van der Waals surface area (Å²) in [6, 6.07) is 5.51. The van der Waals surface area contributed by atoms with Crippen LogP contribution in [-0.4, -0.2) is 81.1 Å². The number of piperazine rings is 1. The summed E-state index contributed by atoms with van der Waals surface area (Å²) >= 11 is 3.43. The highest BCUT2D eigenvalue weighted by atomic mass is 79.9. The average Bonchev–Trinajstić information content (AvgIpc) is 3.15. The standard InChI is InChI=1S/C18H25BrN6O4S/c1-23(2)9-10-30(27,28)25-7-5-24(6-8-25)13-3-4-14(19)15(11-13)21-17(26)16-12-29-18(20)22-16/h3-4,11-12H,5-10H2,1-2H3,(H2,20,22)(H,21,26). The Morgan fingerprint density at radius 3 is 2.60 bits per heavy atom. The van der Waals surface area contributed by atoms with E-state index in [0.717, 1.165) is 5.69 Å². The number of hydrogen-bond acceptors (Lipinski definition) is 8. The van der Waals surface area contributed by atoms with Crippen LogP contribution in [0.5, 0.6) is 0 Å². The number of anilines is 3. The van der Waals surface area contributed by atoms with E-state index < -0.39 is 15.9 Å². The van der Waals surface area contributed by atoms with E-state index >= 15 is 0 Å². The number of nitrogens with two attached hydrogens (primary N) is 1. The molecule has 1 saturated heterocycles. The molecule has 0 saturated carbocycles. The number of carbonyl (C=O) groups excluding carboxylic acids is 1. The molecule has 1 amide bonds. The molecule has 0 aliphatic carbocycles. The molecule has 0 unspecified atom stereocenters. The number of halogens is 1. The van der Waals surface area contributed by atoms with Gasteiger partial charge in [0.05, 0.1) is 11.4 Å². The van der Waals surface area contributed by atoms with Crippen molar-refractivity contribution in [3.05, 3.63) is 34.6 Å². The molecule has 2 heterocycles. The maximum atomic E-state index is 12.5. The SMILES string of the molecule is CN(C)CCS(=O)(=O)N1CCN(c2ccc(Br)c(NC(=O)c3coc(N)n3)c2)CC1.